The fraction of sp³-hybridized carbons (Fsp3) is 0.889. The summed E-state index contributed by atoms with van der Waals surface area (Å²) in [6.45, 7) is 5.18. The molecule has 1 aliphatic rings. The van der Waals surface area contributed by atoms with E-state index in [0.717, 1.165) is 0 Å². The molecule has 1 aliphatic carbocycles. The number of rotatable bonds is 2. The van der Waals surface area contributed by atoms with E-state index in [9.17, 15) is 13.6 Å². The second-order valence-electron chi connectivity index (χ2n) is 4.73. The summed E-state index contributed by atoms with van der Waals surface area (Å²) in [4.78, 5) is 11.1. The minimum absolute atomic E-state index is 0.247. The number of amides is 1. The Bertz CT molecular complexity index is 243. The van der Waals surface area contributed by atoms with Crippen LogP contribution in [0.4, 0.5) is 13.6 Å². The number of hydrazine groups is 1. The molecule has 0 bridgehead atoms. The normalized spacial score (nSPS) is 20.6. The van der Waals surface area contributed by atoms with Crippen molar-refractivity contribution in [3.63, 3.8) is 0 Å². The Morgan fingerprint density at radius 1 is 1.40 bits per heavy atom. The predicted molar refractivity (Wildman–Crippen MR) is 50.5 cm³/mol. The van der Waals surface area contributed by atoms with Gasteiger partial charge in [0.15, 0.2) is 0 Å². The molecule has 0 aromatic rings. The van der Waals surface area contributed by atoms with Gasteiger partial charge in [-0.15, -0.1) is 0 Å². The summed E-state index contributed by atoms with van der Waals surface area (Å²) in [6.07, 6.45) is -1.15. The van der Waals surface area contributed by atoms with E-state index in [2.05, 4.69) is 10.9 Å². The van der Waals surface area contributed by atoms with Gasteiger partial charge in [0.05, 0.1) is 0 Å². The molecule has 0 aromatic heterocycles. The first-order valence-corrected chi connectivity index (χ1v) is 4.80. The van der Waals surface area contributed by atoms with Crippen LogP contribution in [-0.4, -0.2) is 23.7 Å². The summed E-state index contributed by atoms with van der Waals surface area (Å²) in [5.74, 6) is -2.59. The molecule has 1 saturated carbocycles. The number of alkyl halides is 2. The zero-order valence-corrected chi connectivity index (χ0v) is 9.06. The van der Waals surface area contributed by atoms with Gasteiger partial charge in [-0.05, 0) is 20.8 Å². The molecule has 88 valence electrons. The number of hydrogen-bond acceptors (Lipinski definition) is 3. The van der Waals surface area contributed by atoms with Gasteiger partial charge in [-0.1, -0.05) is 0 Å². The third kappa shape index (κ3) is 4.42. The standard InChI is InChI=1S/C9H16F2N2O2/c1-8(2,3)15-7(14)13-12-6-4-9(10,11)5-6/h6,12H,4-5H2,1-3H3,(H,13,14). The van der Waals surface area contributed by atoms with Gasteiger partial charge in [0.2, 0.25) is 0 Å². The lowest BCUT2D eigenvalue weighted by Crippen LogP contribution is -2.55. The quantitative estimate of drug-likeness (QED) is 0.700. The summed E-state index contributed by atoms with van der Waals surface area (Å²) >= 11 is 0. The molecule has 0 atom stereocenters. The first kappa shape index (κ1) is 12.2. The maximum Gasteiger partial charge on any atom is 0.422 e. The molecule has 0 aliphatic heterocycles. The molecular weight excluding hydrogens is 206 g/mol. The highest BCUT2D eigenvalue weighted by Gasteiger charge is 2.45. The number of carbonyl (C=O) groups is 1. The molecule has 4 nitrogen and oxygen atoms in total. The van der Waals surface area contributed by atoms with Crippen LogP contribution in [0.15, 0.2) is 0 Å². The van der Waals surface area contributed by atoms with E-state index in [0.29, 0.717) is 0 Å². The molecule has 0 aromatic carbocycles. The number of nitrogens with one attached hydrogen (secondary N) is 2. The summed E-state index contributed by atoms with van der Waals surface area (Å²) < 4.78 is 29.7. The lowest BCUT2D eigenvalue weighted by atomic mass is 9.89. The molecule has 6 heteroatoms. The zero-order valence-electron chi connectivity index (χ0n) is 9.06. The predicted octanol–water partition coefficient (Wildman–Crippen LogP) is 1.81. The van der Waals surface area contributed by atoms with Crippen LogP contribution in [0.1, 0.15) is 33.6 Å². The van der Waals surface area contributed by atoms with Crippen molar-refractivity contribution in [3.05, 3.63) is 0 Å². The van der Waals surface area contributed by atoms with E-state index in [1.807, 2.05) is 0 Å². The lowest BCUT2D eigenvalue weighted by Gasteiger charge is -2.35. The van der Waals surface area contributed by atoms with Gasteiger partial charge in [-0.25, -0.2) is 19.0 Å². The Kier molecular flexibility index (Phi) is 3.18. The molecule has 0 spiro atoms. The molecule has 0 saturated heterocycles. The van der Waals surface area contributed by atoms with Crippen LogP contribution >= 0.6 is 0 Å². The molecule has 15 heavy (non-hydrogen) atoms. The van der Waals surface area contributed by atoms with Crippen molar-refractivity contribution in [2.45, 2.75) is 51.2 Å². The monoisotopic (exact) mass is 222 g/mol. The third-order valence-corrected chi connectivity index (χ3v) is 1.87. The summed E-state index contributed by atoms with van der Waals surface area (Å²) in [5, 5.41) is 0. The Morgan fingerprint density at radius 2 is 1.93 bits per heavy atom. The van der Waals surface area contributed by atoms with E-state index in [-0.39, 0.29) is 18.9 Å². The van der Waals surface area contributed by atoms with Crippen molar-refractivity contribution >= 4 is 6.09 Å². The number of ether oxygens (including phenoxy) is 1. The van der Waals surface area contributed by atoms with Gasteiger partial charge in [0, 0.05) is 18.9 Å². The van der Waals surface area contributed by atoms with Crippen molar-refractivity contribution in [1.82, 2.24) is 10.9 Å². The van der Waals surface area contributed by atoms with Crippen LogP contribution in [0.25, 0.3) is 0 Å². The van der Waals surface area contributed by atoms with E-state index in [1.165, 1.54) is 0 Å². The average Bonchev–Trinajstić information content (AvgIpc) is 1.93. The first-order valence-electron chi connectivity index (χ1n) is 4.80. The van der Waals surface area contributed by atoms with Crippen molar-refractivity contribution in [2.75, 3.05) is 0 Å². The minimum Gasteiger partial charge on any atom is -0.443 e. The number of hydrogen-bond donors (Lipinski definition) is 2. The van der Waals surface area contributed by atoms with E-state index in [1.54, 1.807) is 20.8 Å². The van der Waals surface area contributed by atoms with Crippen LogP contribution < -0.4 is 10.9 Å². The van der Waals surface area contributed by atoms with Gasteiger partial charge < -0.3 is 4.74 Å². The Hall–Kier alpha value is -0.910. The first-order chi connectivity index (χ1) is 6.68. The Morgan fingerprint density at radius 3 is 2.33 bits per heavy atom. The molecule has 1 rings (SSSR count). The van der Waals surface area contributed by atoms with Crippen LogP contribution in [0, 0.1) is 0 Å². The summed E-state index contributed by atoms with van der Waals surface area (Å²) in [5.41, 5.74) is 4.14. The van der Waals surface area contributed by atoms with Gasteiger partial charge in [0.25, 0.3) is 5.92 Å². The largest absolute Gasteiger partial charge is 0.443 e. The van der Waals surface area contributed by atoms with Crippen molar-refractivity contribution in [2.24, 2.45) is 0 Å². The van der Waals surface area contributed by atoms with Crippen molar-refractivity contribution in [1.29, 1.82) is 0 Å². The van der Waals surface area contributed by atoms with Gasteiger partial charge in [-0.2, -0.15) is 0 Å². The SMILES string of the molecule is CC(C)(C)OC(=O)NNC1CC(F)(F)C1. The van der Waals surface area contributed by atoms with Crippen LogP contribution in [0.5, 0.6) is 0 Å². The number of carbonyl (C=O) groups excluding carboxylic acids is 1. The van der Waals surface area contributed by atoms with Crippen LogP contribution in [-0.2, 0) is 4.74 Å². The Balaban J connectivity index is 2.14. The van der Waals surface area contributed by atoms with E-state index in [4.69, 9.17) is 4.74 Å². The van der Waals surface area contributed by atoms with E-state index < -0.39 is 17.6 Å². The molecule has 0 heterocycles. The summed E-state index contributed by atoms with van der Waals surface area (Å²) in [6, 6.07) is -0.368. The zero-order chi connectivity index (χ0) is 11.7. The maximum absolute atomic E-state index is 12.4. The van der Waals surface area contributed by atoms with Gasteiger partial charge >= 0.3 is 6.09 Å². The molecular formula is C9H16F2N2O2. The van der Waals surface area contributed by atoms with Crippen LogP contribution in [0.2, 0.25) is 0 Å². The second-order valence-corrected chi connectivity index (χ2v) is 4.73. The third-order valence-electron chi connectivity index (χ3n) is 1.87. The topological polar surface area (TPSA) is 50.4 Å². The summed E-state index contributed by atoms with van der Waals surface area (Å²) in [7, 11) is 0. The fourth-order valence-corrected chi connectivity index (χ4v) is 1.23. The minimum atomic E-state index is -2.59. The van der Waals surface area contributed by atoms with Crippen LogP contribution in [0.3, 0.4) is 0 Å². The van der Waals surface area contributed by atoms with Gasteiger partial charge in [0.1, 0.15) is 5.60 Å². The molecule has 0 radical (unpaired) electrons. The number of halogens is 2. The Labute approximate surface area is 87.3 Å². The van der Waals surface area contributed by atoms with E-state index >= 15 is 0 Å². The average molecular weight is 222 g/mol. The highest BCUT2D eigenvalue weighted by molar-refractivity contribution is 5.67. The maximum atomic E-state index is 12.4. The smallest absolute Gasteiger partial charge is 0.422 e. The molecule has 1 fully saturated rings. The lowest BCUT2D eigenvalue weighted by molar-refractivity contribution is -0.0956. The van der Waals surface area contributed by atoms with Gasteiger partial charge in [-0.3, -0.25) is 5.43 Å². The van der Waals surface area contributed by atoms with Crippen molar-refractivity contribution < 1.29 is 18.3 Å². The molecule has 0 unspecified atom stereocenters. The highest BCUT2D eigenvalue weighted by atomic mass is 19.3. The fourth-order valence-electron chi connectivity index (χ4n) is 1.23. The molecule has 2 N–H and O–H groups in total. The highest BCUT2D eigenvalue weighted by Crippen LogP contribution is 2.36. The second kappa shape index (κ2) is 3.92. The van der Waals surface area contributed by atoms with Crippen molar-refractivity contribution in [3.8, 4) is 0 Å². The molecule has 1 amide bonds.